The molecule has 1 aromatic heterocycles. The first-order valence-corrected chi connectivity index (χ1v) is 4.16. The lowest BCUT2D eigenvalue weighted by molar-refractivity contribution is 0.410. The first-order valence-electron chi connectivity index (χ1n) is 3.79. The quantitative estimate of drug-likeness (QED) is 0.647. The van der Waals surface area contributed by atoms with Gasteiger partial charge >= 0.3 is 0 Å². The Morgan fingerprint density at radius 1 is 1.73 bits per heavy atom. The normalized spacial score (nSPS) is 23.3. The maximum atomic E-state index is 5.72. The van der Waals surface area contributed by atoms with E-state index in [1.54, 1.807) is 0 Å². The molecule has 0 bridgehead atoms. The highest BCUT2D eigenvalue weighted by Gasteiger charge is 2.19. The maximum absolute atomic E-state index is 5.72. The molecule has 1 aliphatic rings. The summed E-state index contributed by atoms with van der Waals surface area (Å²) in [7, 11) is 0. The Labute approximate surface area is 70.5 Å². The molecule has 0 saturated heterocycles. The van der Waals surface area contributed by atoms with Gasteiger partial charge in [-0.1, -0.05) is 0 Å². The number of nitrogens with one attached hydrogen (secondary N) is 1. The van der Waals surface area contributed by atoms with Gasteiger partial charge in [0, 0.05) is 0 Å². The van der Waals surface area contributed by atoms with Crippen molar-refractivity contribution in [3.8, 4) is 0 Å². The molecule has 60 valence electrons. The van der Waals surface area contributed by atoms with E-state index in [9.17, 15) is 0 Å². The Balaban J connectivity index is 2.43. The molecule has 0 spiro atoms. The summed E-state index contributed by atoms with van der Waals surface area (Å²) in [5.41, 5.74) is 1.25. The Morgan fingerprint density at radius 2 is 2.55 bits per heavy atom. The summed E-state index contributed by atoms with van der Waals surface area (Å²) in [5, 5.41) is 3.80. The van der Waals surface area contributed by atoms with Gasteiger partial charge in [-0.3, -0.25) is 0 Å². The second-order valence-electron chi connectivity index (χ2n) is 2.87. The third kappa shape index (κ3) is 1.17. The first-order chi connectivity index (χ1) is 5.27. The van der Waals surface area contributed by atoms with E-state index in [0.717, 1.165) is 18.7 Å². The summed E-state index contributed by atoms with van der Waals surface area (Å²) in [5.74, 6) is 1.00. The minimum absolute atomic E-state index is 0.311. The summed E-state index contributed by atoms with van der Waals surface area (Å²) in [6.07, 6.45) is 1.02. The molecular formula is C8H10ClNO. The van der Waals surface area contributed by atoms with Crippen LogP contribution in [0.1, 0.15) is 24.3 Å². The number of furan rings is 1. The Bertz CT molecular complexity index is 269. The van der Waals surface area contributed by atoms with Crippen LogP contribution >= 0.6 is 11.6 Å². The number of halogens is 1. The SMILES string of the molecule is CC1NCCc2cc(Cl)oc21. The van der Waals surface area contributed by atoms with Gasteiger partial charge in [0.05, 0.1) is 6.04 Å². The standard InChI is InChI=1S/C8H10ClNO/c1-5-8-6(2-3-10-5)4-7(9)11-8/h4-5,10H,2-3H2,1H3. The van der Waals surface area contributed by atoms with Gasteiger partial charge in [-0.05, 0) is 43.1 Å². The fraction of sp³-hybridized carbons (Fsp3) is 0.500. The van der Waals surface area contributed by atoms with Gasteiger partial charge in [-0.15, -0.1) is 0 Å². The van der Waals surface area contributed by atoms with Crippen molar-refractivity contribution in [2.75, 3.05) is 6.54 Å². The molecule has 1 aromatic rings. The molecule has 1 unspecified atom stereocenters. The van der Waals surface area contributed by atoms with Crippen LogP contribution in [0.25, 0.3) is 0 Å². The summed E-state index contributed by atoms with van der Waals surface area (Å²) in [4.78, 5) is 0. The molecule has 2 rings (SSSR count). The lowest BCUT2D eigenvalue weighted by atomic mass is 10.1. The molecule has 3 heteroatoms. The van der Waals surface area contributed by atoms with Crippen LogP contribution in [0, 0.1) is 0 Å². The van der Waals surface area contributed by atoms with E-state index >= 15 is 0 Å². The van der Waals surface area contributed by atoms with Crippen LogP contribution in [0.2, 0.25) is 5.22 Å². The fourth-order valence-electron chi connectivity index (χ4n) is 1.49. The van der Waals surface area contributed by atoms with Crippen molar-refractivity contribution in [3.63, 3.8) is 0 Å². The van der Waals surface area contributed by atoms with Crippen LogP contribution in [0.15, 0.2) is 10.5 Å². The third-order valence-corrected chi connectivity index (χ3v) is 2.24. The van der Waals surface area contributed by atoms with E-state index in [2.05, 4.69) is 12.2 Å². The average molecular weight is 172 g/mol. The number of rotatable bonds is 0. The van der Waals surface area contributed by atoms with Crippen molar-refractivity contribution in [2.45, 2.75) is 19.4 Å². The molecule has 0 fully saturated rings. The van der Waals surface area contributed by atoms with Gasteiger partial charge in [0.15, 0.2) is 5.22 Å². The number of fused-ring (bicyclic) bond motifs is 1. The average Bonchev–Trinajstić information content (AvgIpc) is 2.31. The topological polar surface area (TPSA) is 25.2 Å². The molecule has 2 nitrogen and oxygen atoms in total. The molecular weight excluding hydrogens is 162 g/mol. The minimum atomic E-state index is 0.311. The van der Waals surface area contributed by atoms with E-state index in [-0.39, 0.29) is 0 Å². The van der Waals surface area contributed by atoms with E-state index in [1.807, 2.05) is 6.07 Å². The monoisotopic (exact) mass is 171 g/mol. The van der Waals surface area contributed by atoms with Gasteiger partial charge in [0.2, 0.25) is 0 Å². The third-order valence-electron chi connectivity index (χ3n) is 2.05. The Hall–Kier alpha value is -0.470. The summed E-state index contributed by atoms with van der Waals surface area (Å²) >= 11 is 5.72. The van der Waals surface area contributed by atoms with Gasteiger partial charge in [0.1, 0.15) is 5.76 Å². The van der Waals surface area contributed by atoms with E-state index in [0.29, 0.717) is 11.3 Å². The first kappa shape index (κ1) is 7.19. The van der Waals surface area contributed by atoms with Crippen molar-refractivity contribution in [3.05, 3.63) is 22.6 Å². The van der Waals surface area contributed by atoms with Crippen LogP contribution in [-0.4, -0.2) is 6.54 Å². The molecule has 0 radical (unpaired) electrons. The molecule has 2 heterocycles. The summed E-state index contributed by atoms with van der Waals surface area (Å²) in [6, 6.07) is 2.22. The van der Waals surface area contributed by atoms with Gasteiger partial charge in [-0.25, -0.2) is 0 Å². The fourth-order valence-corrected chi connectivity index (χ4v) is 1.70. The van der Waals surface area contributed by atoms with E-state index in [4.69, 9.17) is 16.0 Å². The molecule has 1 atom stereocenters. The van der Waals surface area contributed by atoms with Crippen molar-refractivity contribution in [1.29, 1.82) is 0 Å². The van der Waals surface area contributed by atoms with Crippen LogP contribution in [-0.2, 0) is 6.42 Å². The summed E-state index contributed by atoms with van der Waals surface area (Å²) < 4.78 is 5.32. The van der Waals surface area contributed by atoms with Crippen LogP contribution < -0.4 is 5.32 Å². The minimum Gasteiger partial charge on any atom is -0.448 e. The van der Waals surface area contributed by atoms with E-state index < -0.39 is 0 Å². The van der Waals surface area contributed by atoms with E-state index in [1.165, 1.54) is 5.56 Å². The number of hydrogen-bond donors (Lipinski definition) is 1. The molecule has 1 N–H and O–H groups in total. The van der Waals surface area contributed by atoms with Crippen LogP contribution in [0.3, 0.4) is 0 Å². The van der Waals surface area contributed by atoms with Crippen LogP contribution in [0.4, 0.5) is 0 Å². The van der Waals surface area contributed by atoms with Gasteiger partial charge < -0.3 is 9.73 Å². The molecule has 0 saturated carbocycles. The zero-order chi connectivity index (χ0) is 7.84. The molecule has 11 heavy (non-hydrogen) atoms. The highest BCUT2D eigenvalue weighted by Crippen LogP contribution is 2.28. The van der Waals surface area contributed by atoms with Gasteiger partial charge in [-0.2, -0.15) is 0 Å². The molecule has 0 amide bonds. The Morgan fingerprint density at radius 3 is 3.27 bits per heavy atom. The Kier molecular flexibility index (Phi) is 1.66. The highest BCUT2D eigenvalue weighted by molar-refractivity contribution is 6.28. The second kappa shape index (κ2) is 2.54. The second-order valence-corrected chi connectivity index (χ2v) is 3.24. The largest absolute Gasteiger partial charge is 0.448 e. The lowest BCUT2D eigenvalue weighted by Gasteiger charge is -2.17. The van der Waals surface area contributed by atoms with Gasteiger partial charge in [0.25, 0.3) is 0 Å². The molecule has 0 aliphatic carbocycles. The summed E-state index contributed by atoms with van der Waals surface area (Å²) in [6.45, 7) is 3.10. The zero-order valence-corrected chi connectivity index (χ0v) is 7.11. The highest BCUT2D eigenvalue weighted by atomic mass is 35.5. The predicted molar refractivity (Wildman–Crippen MR) is 43.8 cm³/mol. The molecule has 0 aromatic carbocycles. The lowest BCUT2D eigenvalue weighted by Crippen LogP contribution is -2.26. The predicted octanol–water partition coefficient (Wildman–Crippen LogP) is 2.14. The zero-order valence-electron chi connectivity index (χ0n) is 6.36. The van der Waals surface area contributed by atoms with Crippen molar-refractivity contribution in [2.24, 2.45) is 0 Å². The maximum Gasteiger partial charge on any atom is 0.193 e. The smallest absolute Gasteiger partial charge is 0.193 e. The van der Waals surface area contributed by atoms with Crippen molar-refractivity contribution >= 4 is 11.6 Å². The van der Waals surface area contributed by atoms with Crippen molar-refractivity contribution in [1.82, 2.24) is 5.32 Å². The molecule has 1 aliphatic heterocycles. The van der Waals surface area contributed by atoms with Crippen molar-refractivity contribution < 1.29 is 4.42 Å². The number of hydrogen-bond acceptors (Lipinski definition) is 2. The van der Waals surface area contributed by atoms with Crippen LogP contribution in [0.5, 0.6) is 0 Å².